The second-order valence-corrected chi connectivity index (χ2v) is 8.93. The average Bonchev–Trinajstić information content (AvgIpc) is 2.79. The summed E-state index contributed by atoms with van der Waals surface area (Å²) in [4.78, 5) is 1.30. The molecular weight excluding hydrogens is 361 g/mol. The Morgan fingerprint density at radius 1 is 1.32 bits per heavy atom. The van der Waals surface area contributed by atoms with Crippen LogP contribution in [0.5, 0.6) is 0 Å². The maximum atomic E-state index is 12.9. The molecule has 0 radical (unpaired) electrons. The van der Waals surface area contributed by atoms with E-state index in [1.807, 2.05) is 0 Å². The van der Waals surface area contributed by atoms with Crippen LogP contribution >= 0.6 is 23.4 Å². The van der Waals surface area contributed by atoms with E-state index >= 15 is 0 Å². The van der Waals surface area contributed by atoms with E-state index in [-0.39, 0.29) is 32.6 Å². The second kappa shape index (κ2) is 5.04. The van der Waals surface area contributed by atoms with Crippen molar-refractivity contribution in [1.82, 2.24) is 0 Å². The lowest BCUT2D eigenvalue weighted by atomic mass is 10.1. The third-order valence-electron chi connectivity index (χ3n) is 3.62. The van der Waals surface area contributed by atoms with Crippen LogP contribution in [0.15, 0.2) is 18.2 Å². The van der Waals surface area contributed by atoms with Crippen LogP contribution in [0.25, 0.3) is 0 Å². The van der Waals surface area contributed by atoms with Crippen molar-refractivity contribution in [2.75, 3.05) is 16.4 Å². The number of amidine groups is 1. The molecule has 22 heavy (non-hydrogen) atoms. The predicted octanol–water partition coefficient (Wildman–Crippen LogP) is 3.01. The van der Waals surface area contributed by atoms with E-state index in [1.54, 1.807) is 0 Å². The lowest BCUT2D eigenvalue weighted by Crippen LogP contribution is -2.37. The fourth-order valence-electron chi connectivity index (χ4n) is 2.66. The number of sulfone groups is 1. The molecule has 1 N–H and O–H groups in total. The van der Waals surface area contributed by atoms with Crippen LogP contribution < -0.4 is 4.90 Å². The summed E-state index contributed by atoms with van der Waals surface area (Å²) in [6.45, 7) is 0. The quantitative estimate of drug-likeness (QED) is 0.825. The van der Waals surface area contributed by atoms with E-state index in [2.05, 4.69) is 0 Å². The zero-order valence-electron chi connectivity index (χ0n) is 10.9. The van der Waals surface area contributed by atoms with Crippen molar-refractivity contribution in [3.63, 3.8) is 0 Å². The Hall–Kier alpha value is -0.930. The number of halogens is 4. The van der Waals surface area contributed by atoms with E-state index in [0.717, 1.165) is 30.0 Å². The summed E-state index contributed by atoms with van der Waals surface area (Å²) >= 11 is 7.04. The number of alkyl halides is 3. The molecule has 2 atom stereocenters. The summed E-state index contributed by atoms with van der Waals surface area (Å²) < 4.78 is 62.0. The third-order valence-corrected chi connectivity index (χ3v) is 7.07. The first kappa shape index (κ1) is 15.9. The standard InChI is InChI=1S/C12H10ClF3N2O2S2/c13-7-2-1-6(12(14,15)16)3-8(7)18-9-4-22(19,20)5-10(9)21-11(18)17/h1-3,9-10,17H,4-5H2/t9-,10-/m1/s1. The van der Waals surface area contributed by atoms with E-state index < -0.39 is 27.6 Å². The summed E-state index contributed by atoms with van der Waals surface area (Å²) in [5, 5.41) is 7.68. The zero-order chi connectivity index (χ0) is 16.3. The Kier molecular flexibility index (Phi) is 3.65. The molecule has 0 spiro atoms. The van der Waals surface area contributed by atoms with Crippen LogP contribution in [0.3, 0.4) is 0 Å². The van der Waals surface area contributed by atoms with Crippen LogP contribution in [0.2, 0.25) is 5.02 Å². The first-order valence-corrected chi connectivity index (χ1v) is 9.28. The molecule has 0 bridgehead atoms. The zero-order valence-corrected chi connectivity index (χ0v) is 13.3. The Morgan fingerprint density at radius 2 is 2.00 bits per heavy atom. The minimum atomic E-state index is -4.53. The van der Waals surface area contributed by atoms with E-state index in [4.69, 9.17) is 17.0 Å². The molecule has 120 valence electrons. The van der Waals surface area contributed by atoms with Gasteiger partial charge in [0, 0.05) is 5.25 Å². The molecule has 0 unspecified atom stereocenters. The minimum absolute atomic E-state index is 0.0196. The minimum Gasteiger partial charge on any atom is -0.315 e. The maximum absolute atomic E-state index is 12.9. The summed E-state index contributed by atoms with van der Waals surface area (Å²) in [6, 6.07) is 2.30. The van der Waals surface area contributed by atoms with Crippen LogP contribution in [0.1, 0.15) is 5.56 Å². The molecule has 10 heteroatoms. The number of anilines is 1. The van der Waals surface area contributed by atoms with Gasteiger partial charge in [0.05, 0.1) is 33.8 Å². The molecular formula is C12H10ClF3N2O2S2. The normalized spacial score (nSPS) is 27.3. The van der Waals surface area contributed by atoms with Gasteiger partial charge in [-0.3, -0.25) is 5.41 Å². The van der Waals surface area contributed by atoms with Gasteiger partial charge in [0.15, 0.2) is 15.0 Å². The van der Waals surface area contributed by atoms with Gasteiger partial charge in [-0.2, -0.15) is 13.2 Å². The highest BCUT2D eigenvalue weighted by molar-refractivity contribution is 8.15. The number of nitrogens with one attached hydrogen (secondary N) is 1. The van der Waals surface area contributed by atoms with Gasteiger partial charge in [0.1, 0.15) is 0 Å². The Labute approximate surface area is 134 Å². The topological polar surface area (TPSA) is 61.2 Å². The van der Waals surface area contributed by atoms with Gasteiger partial charge >= 0.3 is 6.18 Å². The first-order valence-electron chi connectivity index (χ1n) is 6.20. The molecule has 0 saturated carbocycles. The van der Waals surface area contributed by atoms with Crippen molar-refractivity contribution in [1.29, 1.82) is 5.41 Å². The predicted molar refractivity (Wildman–Crippen MR) is 80.5 cm³/mol. The lowest BCUT2D eigenvalue weighted by molar-refractivity contribution is -0.137. The van der Waals surface area contributed by atoms with Crippen molar-refractivity contribution < 1.29 is 21.6 Å². The first-order chi connectivity index (χ1) is 10.1. The van der Waals surface area contributed by atoms with Gasteiger partial charge in [0.2, 0.25) is 0 Å². The van der Waals surface area contributed by atoms with E-state index in [1.165, 1.54) is 4.90 Å². The van der Waals surface area contributed by atoms with Crippen LogP contribution in [0.4, 0.5) is 18.9 Å². The molecule has 0 aromatic heterocycles. The number of rotatable bonds is 1. The summed E-state index contributed by atoms with van der Waals surface area (Å²) in [5.74, 6) is -0.253. The van der Waals surface area contributed by atoms with Crippen molar-refractivity contribution in [2.45, 2.75) is 17.5 Å². The molecule has 1 aromatic carbocycles. The molecule has 2 heterocycles. The smallest absolute Gasteiger partial charge is 0.315 e. The van der Waals surface area contributed by atoms with Crippen molar-refractivity contribution in [3.8, 4) is 0 Å². The van der Waals surface area contributed by atoms with Crippen LogP contribution in [0, 0.1) is 5.41 Å². The monoisotopic (exact) mass is 370 g/mol. The summed E-state index contributed by atoms with van der Waals surface area (Å²) in [5.41, 5.74) is -0.854. The van der Waals surface area contributed by atoms with E-state index in [0.29, 0.717) is 0 Å². The highest BCUT2D eigenvalue weighted by atomic mass is 35.5. The van der Waals surface area contributed by atoms with Gasteiger partial charge in [-0.05, 0) is 18.2 Å². The highest BCUT2D eigenvalue weighted by Gasteiger charge is 2.49. The van der Waals surface area contributed by atoms with Gasteiger partial charge in [-0.25, -0.2) is 8.42 Å². The molecule has 2 aliphatic heterocycles. The van der Waals surface area contributed by atoms with Crippen molar-refractivity contribution in [3.05, 3.63) is 28.8 Å². The number of hydrogen-bond donors (Lipinski definition) is 1. The molecule has 0 aliphatic carbocycles. The summed E-state index contributed by atoms with van der Waals surface area (Å²) in [7, 11) is -3.25. The summed E-state index contributed by atoms with van der Waals surface area (Å²) in [6.07, 6.45) is -4.53. The van der Waals surface area contributed by atoms with E-state index in [9.17, 15) is 21.6 Å². The van der Waals surface area contributed by atoms with Crippen molar-refractivity contribution in [2.24, 2.45) is 0 Å². The second-order valence-electron chi connectivity index (χ2n) is 5.14. The van der Waals surface area contributed by atoms with Gasteiger partial charge in [-0.15, -0.1) is 0 Å². The van der Waals surface area contributed by atoms with Gasteiger partial charge in [-0.1, -0.05) is 23.4 Å². The Balaban J connectivity index is 2.05. The third kappa shape index (κ3) is 2.69. The Bertz CT molecular complexity index is 751. The molecule has 2 saturated heterocycles. The van der Waals surface area contributed by atoms with Crippen molar-refractivity contribution >= 4 is 44.1 Å². The fourth-order valence-corrected chi connectivity index (χ4v) is 6.66. The Morgan fingerprint density at radius 3 is 2.64 bits per heavy atom. The van der Waals surface area contributed by atoms with Crippen LogP contribution in [-0.4, -0.2) is 36.4 Å². The largest absolute Gasteiger partial charge is 0.416 e. The number of benzene rings is 1. The molecule has 2 aliphatic rings. The van der Waals surface area contributed by atoms with Gasteiger partial charge < -0.3 is 4.90 Å². The average molecular weight is 371 g/mol. The molecule has 1 aromatic rings. The molecule has 0 amide bonds. The highest BCUT2D eigenvalue weighted by Crippen LogP contribution is 2.44. The number of hydrogen-bond acceptors (Lipinski definition) is 4. The lowest BCUT2D eigenvalue weighted by Gasteiger charge is -2.25. The number of thioether (sulfide) groups is 1. The number of fused-ring (bicyclic) bond motifs is 1. The SMILES string of the molecule is N=C1S[C@@H]2CS(=O)(=O)C[C@H]2N1c1cc(C(F)(F)F)ccc1Cl. The molecule has 3 rings (SSSR count). The van der Waals surface area contributed by atoms with Gasteiger partial charge in [0.25, 0.3) is 0 Å². The maximum Gasteiger partial charge on any atom is 0.416 e. The van der Waals surface area contributed by atoms with Crippen LogP contribution in [-0.2, 0) is 16.0 Å². The molecule has 4 nitrogen and oxygen atoms in total. The number of nitrogens with zero attached hydrogens (tertiary/aromatic N) is 1. The fraction of sp³-hybridized carbons (Fsp3) is 0.417. The molecule has 2 fully saturated rings.